The summed E-state index contributed by atoms with van der Waals surface area (Å²) in [6.45, 7) is 1.88. The number of nitrogens with zero attached hydrogens (tertiary/aromatic N) is 1. The molecule has 0 spiro atoms. The summed E-state index contributed by atoms with van der Waals surface area (Å²) < 4.78 is 13.5. The first-order chi connectivity index (χ1) is 12.4. The highest BCUT2D eigenvalue weighted by Gasteiger charge is 2.16. The van der Waals surface area contributed by atoms with E-state index in [9.17, 15) is 14.0 Å². The minimum atomic E-state index is -0.292. The largest absolute Gasteiger partial charge is 0.356 e. The van der Waals surface area contributed by atoms with Crippen molar-refractivity contribution < 1.29 is 14.0 Å². The van der Waals surface area contributed by atoms with E-state index >= 15 is 0 Å². The van der Waals surface area contributed by atoms with Gasteiger partial charge in [-0.3, -0.25) is 9.59 Å². The second kappa shape index (κ2) is 9.55. The highest BCUT2D eigenvalue weighted by Crippen LogP contribution is 2.29. The Morgan fingerprint density at radius 1 is 1.15 bits per heavy atom. The summed E-state index contributed by atoms with van der Waals surface area (Å²) in [6, 6.07) is 11.2. The number of hydrogen-bond acceptors (Lipinski definition) is 2. The van der Waals surface area contributed by atoms with Gasteiger partial charge in [0.25, 0.3) is 0 Å². The topological polar surface area (TPSA) is 49.4 Å². The molecule has 7 heteroatoms. The van der Waals surface area contributed by atoms with Gasteiger partial charge in [-0.15, -0.1) is 0 Å². The predicted molar refractivity (Wildman–Crippen MR) is 102 cm³/mol. The molecule has 138 valence electrons. The molecule has 0 heterocycles. The fourth-order valence-electron chi connectivity index (χ4n) is 2.48. The summed E-state index contributed by atoms with van der Waals surface area (Å²) in [7, 11) is 0. The normalized spacial score (nSPS) is 10.5. The number of hydrogen-bond donors (Lipinski definition) is 1. The molecule has 2 aromatic carbocycles. The summed E-state index contributed by atoms with van der Waals surface area (Å²) in [4.78, 5) is 25.3. The highest BCUT2D eigenvalue weighted by atomic mass is 35.5. The van der Waals surface area contributed by atoms with Crippen molar-refractivity contribution in [2.45, 2.75) is 19.8 Å². The van der Waals surface area contributed by atoms with Gasteiger partial charge in [-0.1, -0.05) is 41.4 Å². The van der Waals surface area contributed by atoms with Crippen LogP contribution in [0, 0.1) is 5.82 Å². The van der Waals surface area contributed by atoms with Crippen molar-refractivity contribution in [3.8, 4) is 0 Å². The van der Waals surface area contributed by atoms with Gasteiger partial charge in [0.1, 0.15) is 5.82 Å². The Bertz CT molecular complexity index is 799. The minimum absolute atomic E-state index is 0.0969. The van der Waals surface area contributed by atoms with Crippen molar-refractivity contribution in [3.63, 3.8) is 0 Å². The van der Waals surface area contributed by atoms with Crippen molar-refractivity contribution in [3.05, 3.63) is 63.9 Å². The maximum absolute atomic E-state index is 13.5. The van der Waals surface area contributed by atoms with Crippen LogP contribution in [0.25, 0.3) is 0 Å². The molecule has 0 aliphatic heterocycles. The number of amides is 2. The number of halogens is 3. The van der Waals surface area contributed by atoms with Gasteiger partial charge in [0, 0.05) is 31.5 Å². The van der Waals surface area contributed by atoms with Crippen LogP contribution >= 0.6 is 23.2 Å². The highest BCUT2D eigenvalue weighted by molar-refractivity contribution is 6.35. The molecule has 0 atom stereocenters. The summed E-state index contributed by atoms with van der Waals surface area (Å²) in [5.74, 6) is -0.765. The molecule has 0 saturated heterocycles. The van der Waals surface area contributed by atoms with Crippen LogP contribution in [0.5, 0.6) is 0 Å². The van der Waals surface area contributed by atoms with E-state index < -0.39 is 0 Å². The molecule has 0 radical (unpaired) electrons. The Morgan fingerprint density at radius 2 is 1.88 bits per heavy atom. The molecule has 0 bridgehead atoms. The van der Waals surface area contributed by atoms with Crippen molar-refractivity contribution >= 4 is 40.7 Å². The first-order valence-electron chi connectivity index (χ1n) is 8.11. The van der Waals surface area contributed by atoms with E-state index in [1.165, 1.54) is 17.9 Å². The molecule has 0 unspecified atom stereocenters. The molecular weight excluding hydrogens is 378 g/mol. The summed E-state index contributed by atoms with van der Waals surface area (Å²) >= 11 is 12.1. The lowest BCUT2D eigenvalue weighted by Gasteiger charge is -2.22. The van der Waals surface area contributed by atoms with Crippen LogP contribution in [0.1, 0.15) is 18.9 Å². The quantitative estimate of drug-likeness (QED) is 0.760. The average Bonchev–Trinajstić information content (AvgIpc) is 2.59. The Labute approximate surface area is 161 Å². The fourth-order valence-corrected chi connectivity index (χ4v) is 2.87. The first-order valence-corrected chi connectivity index (χ1v) is 8.87. The number of benzene rings is 2. The van der Waals surface area contributed by atoms with Crippen LogP contribution in [0.15, 0.2) is 42.5 Å². The number of carbonyl (C=O) groups is 2. The van der Waals surface area contributed by atoms with Crippen LogP contribution in [0.2, 0.25) is 10.0 Å². The molecule has 2 rings (SSSR count). The lowest BCUT2D eigenvalue weighted by molar-refractivity contribution is -0.121. The van der Waals surface area contributed by atoms with Crippen LogP contribution in [-0.4, -0.2) is 24.9 Å². The Morgan fingerprint density at radius 3 is 2.58 bits per heavy atom. The van der Waals surface area contributed by atoms with E-state index in [1.54, 1.807) is 36.4 Å². The van der Waals surface area contributed by atoms with Gasteiger partial charge in [-0.05, 0) is 36.2 Å². The molecular formula is C19H19Cl2FN2O2. The van der Waals surface area contributed by atoms with Gasteiger partial charge in [-0.25, -0.2) is 4.39 Å². The van der Waals surface area contributed by atoms with Crippen molar-refractivity contribution in [2.75, 3.05) is 18.0 Å². The zero-order chi connectivity index (χ0) is 19.1. The minimum Gasteiger partial charge on any atom is -0.356 e. The fraction of sp³-hybridized carbons (Fsp3) is 0.263. The molecule has 1 N–H and O–H groups in total. The maximum atomic E-state index is 13.5. The van der Waals surface area contributed by atoms with Gasteiger partial charge in [-0.2, -0.15) is 0 Å². The van der Waals surface area contributed by atoms with Crippen molar-refractivity contribution in [2.24, 2.45) is 0 Å². The van der Waals surface area contributed by atoms with Crippen LogP contribution in [0.4, 0.5) is 10.1 Å². The second-order valence-corrected chi connectivity index (χ2v) is 6.55. The molecule has 2 aromatic rings. The van der Waals surface area contributed by atoms with Crippen LogP contribution < -0.4 is 10.2 Å². The lowest BCUT2D eigenvalue weighted by atomic mass is 10.1. The van der Waals surface area contributed by atoms with Gasteiger partial charge in [0.2, 0.25) is 11.8 Å². The molecule has 2 amide bonds. The first kappa shape index (κ1) is 20.2. The van der Waals surface area contributed by atoms with Gasteiger partial charge >= 0.3 is 0 Å². The number of rotatable bonds is 7. The van der Waals surface area contributed by atoms with Crippen LogP contribution in [-0.2, 0) is 16.0 Å². The predicted octanol–water partition coefficient (Wildman–Crippen LogP) is 4.23. The van der Waals surface area contributed by atoms with Crippen LogP contribution in [0.3, 0.4) is 0 Å². The van der Waals surface area contributed by atoms with Crippen molar-refractivity contribution in [1.82, 2.24) is 5.32 Å². The Kier molecular flexibility index (Phi) is 7.42. The van der Waals surface area contributed by atoms with E-state index in [4.69, 9.17) is 23.2 Å². The van der Waals surface area contributed by atoms with E-state index in [-0.39, 0.29) is 30.6 Å². The van der Waals surface area contributed by atoms with E-state index in [2.05, 4.69) is 5.32 Å². The Balaban J connectivity index is 1.88. The van der Waals surface area contributed by atoms with E-state index in [1.807, 2.05) is 0 Å². The molecule has 0 fully saturated rings. The smallest absolute Gasteiger partial charge is 0.223 e. The third kappa shape index (κ3) is 5.71. The summed E-state index contributed by atoms with van der Waals surface area (Å²) in [5, 5.41) is 3.56. The maximum Gasteiger partial charge on any atom is 0.223 e. The van der Waals surface area contributed by atoms with E-state index in [0.717, 1.165) is 0 Å². The average molecular weight is 397 g/mol. The molecule has 4 nitrogen and oxygen atoms in total. The summed E-state index contributed by atoms with van der Waals surface area (Å²) in [5.41, 5.74) is 1.01. The number of carbonyl (C=O) groups excluding carboxylic acids is 2. The molecule has 0 aliphatic rings. The molecule has 26 heavy (non-hydrogen) atoms. The SMILES string of the molecule is CC(=O)N(CCC(=O)NCCc1ccccc1F)c1cc(Cl)ccc1Cl. The third-order valence-electron chi connectivity index (χ3n) is 3.82. The lowest BCUT2D eigenvalue weighted by Crippen LogP contribution is -2.34. The van der Waals surface area contributed by atoms with Gasteiger partial charge in [0.05, 0.1) is 10.7 Å². The zero-order valence-corrected chi connectivity index (χ0v) is 15.8. The third-order valence-corrected chi connectivity index (χ3v) is 4.37. The number of nitrogens with one attached hydrogen (secondary N) is 1. The van der Waals surface area contributed by atoms with Gasteiger partial charge < -0.3 is 10.2 Å². The summed E-state index contributed by atoms with van der Waals surface area (Å²) in [6.07, 6.45) is 0.495. The molecule has 0 saturated carbocycles. The molecule has 0 aliphatic carbocycles. The van der Waals surface area contributed by atoms with Gasteiger partial charge in [0.15, 0.2) is 0 Å². The van der Waals surface area contributed by atoms with Crippen molar-refractivity contribution in [1.29, 1.82) is 0 Å². The Hall–Kier alpha value is -2.11. The monoisotopic (exact) mass is 396 g/mol. The standard InChI is InChI=1S/C19H19Cl2FN2O2/c1-13(25)24(18-12-15(20)6-7-16(18)21)11-9-19(26)23-10-8-14-4-2-3-5-17(14)22/h2-7,12H,8-11H2,1H3,(H,23,26). The molecule has 0 aromatic heterocycles. The number of anilines is 1. The zero-order valence-electron chi connectivity index (χ0n) is 14.3. The second-order valence-electron chi connectivity index (χ2n) is 5.71. The van der Waals surface area contributed by atoms with E-state index in [0.29, 0.717) is 34.3 Å².